The lowest BCUT2D eigenvalue weighted by Crippen LogP contribution is -2.38. The Bertz CT molecular complexity index is 579. The Kier molecular flexibility index (Phi) is 3.84. The van der Waals surface area contributed by atoms with Crippen molar-refractivity contribution in [1.29, 1.82) is 0 Å². The first kappa shape index (κ1) is 13.3. The number of likely N-dealkylation sites (tertiary alicyclic amines) is 1. The molecule has 1 amide bonds. The van der Waals surface area contributed by atoms with Crippen molar-refractivity contribution in [2.24, 2.45) is 0 Å². The van der Waals surface area contributed by atoms with Gasteiger partial charge in [0.15, 0.2) is 11.5 Å². The molecule has 3 heterocycles. The fraction of sp³-hybridized carbons (Fsp3) is 0.429. The first-order chi connectivity index (χ1) is 9.74. The lowest BCUT2D eigenvalue weighted by molar-refractivity contribution is 0.0934. The van der Waals surface area contributed by atoms with Crippen LogP contribution in [-0.4, -0.2) is 42.1 Å². The normalized spacial score (nSPS) is 19.4. The number of carbonyl (C=O) groups excluding carboxylic acids is 1. The molecule has 0 aromatic carbocycles. The van der Waals surface area contributed by atoms with Crippen LogP contribution in [-0.2, 0) is 0 Å². The molecule has 0 unspecified atom stereocenters. The Morgan fingerprint density at radius 2 is 2.55 bits per heavy atom. The summed E-state index contributed by atoms with van der Waals surface area (Å²) in [5.41, 5.74) is 0.342. The Labute approximate surface area is 121 Å². The molecule has 1 atom stereocenters. The minimum atomic E-state index is -0.170. The van der Waals surface area contributed by atoms with Gasteiger partial charge in [-0.1, -0.05) is 11.2 Å². The zero-order valence-corrected chi connectivity index (χ0v) is 12.2. The number of rotatable bonds is 4. The van der Waals surface area contributed by atoms with Gasteiger partial charge in [-0.15, -0.1) is 11.3 Å². The SMILES string of the molecule is CN1CCC[C@H]1CNC(=O)c1cc(-c2cccs2)on1. The second-order valence-corrected chi connectivity index (χ2v) is 5.99. The molecular formula is C14H17N3O2S. The van der Waals surface area contributed by atoms with Gasteiger partial charge in [0, 0.05) is 18.7 Å². The minimum Gasteiger partial charge on any atom is -0.355 e. The average molecular weight is 291 g/mol. The molecule has 1 aliphatic heterocycles. The first-order valence-electron chi connectivity index (χ1n) is 6.73. The number of likely N-dealkylation sites (N-methyl/N-ethyl adjacent to an activating group) is 1. The molecule has 1 saturated heterocycles. The van der Waals surface area contributed by atoms with Crippen LogP contribution in [0.1, 0.15) is 23.3 Å². The van der Waals surface area contributed by atoms with E-state index in [0.29, 0.717) is 24.0 Å². The number of thiophene rings is 1. The third-order valence-electron chi connectivity index (χ3n) is 3.68. The maximum Gasteiger partial charge on any atom is 0.273 e. The van der Waals surface area contributed by atoms with Gasteiger partial charge in [-0.25, -0.2) is 0 Å². The van der Waals surface area contributed by atoms with Crippen molar-refractivity contribution in [3.05, 3.63) is 29.3 Å². The molecule has 106 valence electrons. The van der Waals surface area contributed by atoms with Crippen molar-refractivity contribution in [2.75, 3.05) is 20.1 Å². The fourth-order valence-electron chi connectivity index (χ4n) is 2.46. The van der Waals surface area contributed by atoms with Crippen LogP contribution < -0.4 is 5.32 Å². The number of hydrogen-bond acceptors (Lipinski definition) is 5. The van der Waals surface area contributed by atoms with Gasteiger partial charge in [-0.05, 0) is 37.9 Å². The second-order valence-electron chi connectivity index (χ2n) is 5.04. The second kappa shape index (κ2) is 5.76. The van der Waals surface area contributed by atoms with E-state index in [-0.39, 0.29) is 5.91 Å². The number of amides is 1. The maximum absolute atomic E-state index is 12.0. The Balaban J connectivity index is 1.60. The van der Waals surface area contributed by atoms with Crippen LogP contribution in [0.3, 0.4) is 0 Å². The summed E-state index contributed by atoms with van der Waals surface area (Å²) in [4.78, 5) is 15.3. The van der Waals surface area contributed by atoms with E-state index in [1.807, 2.05) is 17.5 Å². The van der Waals surface area contributed by atoms with Crippen molar-refractivity contribution in [3.8, 4) is 10.6 Å². The van der Waals surface area contributed by atoms with E-state index in [9.17, 15) is 4.79 Å². The molecule has 3 rings (SSSR count). The van der Waals surface area contributed by atoms with E-state index in [2.05, 4.69) is 22.4 Å². The van der Waals surface area contributed by atoms with Gasteiger partial charge >= 0.3 is 0 Å². The van der Waals surface area contributed by atoms with E-state index in [0.717, 1.165) is 17.8 Å². The fourth-order valence-corrected chi connectivity index (χ4v) is 3.13. The number of nitrogens with zero attached hydrogens (tertiary/aromatic N) is 2. The highest BCUT2D eigenvalue weighted by Crippen LogP contribution is 2.25. The summed E-state index contributed by atoms with van der Waals surface area (Å²) in [6, 6.07) is 6.01. The number of nitrogens with one attached hydrogen (secondary N) is 1. The van der Waals surface area contributed by atoms with Crippen LogP contribution >= 0.6 is 11.3 Å². The lowest BCUT2D eigenvalue weighted by Gasteiger charge is -2.19. The molecule has 5 nitrogen and oxygen atoms in total. The Morgan fingerprint density at radius 1 is 1.65 bits per heavy atom. The van der Waals surface area contributed by atoms with Gasteiger partial charge in [0.25, 0.3) is 5.91 Å². The molecule has 6 heteroatoms. The summed E-state index contributed by atoms with van der Waals surface area (Å²) in [6.45, 7) is 1.77. The maximum atomic E-state index is 12.0. The number of carbonyl (C=O) groups is 1. The van der Waals surface area contributed by atoms with Crippen molar-refractivity contribution < 1.29 is 9.32 Å². The summed E-state index contributed by atoms with van der Waals surface area (Å²) >= 11 is 1.56. The van der Waals surface area contributed by atoms with Crippen molar-refractivity contribution in [3.63, 3.8) is 0 Å². The molecule has 20 heavy (non-hydrogen) atoms. The molecular weight excluding hydrogens is 274 g/mol. The van der Waals surface area contributed by atoms with Crippen LogP contribution in [0.15, 0.2) is 28.1 Å². The predicted octanol–water partition coefficient (Wildman–Crippen LogP) is 2.23. The Morgan fingerprint density at radius 3 is 3.25 bits per heavy atom. The van der Waals surface area contributed by atoms with Crippen LogP contribution in [0, 0.1) is 0 Å². The summed E-state index contributed by atoms with van der Waals surface area (Å²) < 4.78 is 5.21. The van der Waals surface area contributed by atoms with E-state index in [4.69, 9.17) is 4.52 Å². The molecule has 0 saturated carbocycles. The molecule has 0 aliphatic carbocycles. The van der Waals surface area contributed by atoms with E-state index >= 15 is 0 Å². The smallest absolute Gasteiger partial charge is 0.273 e. The van der Waals surface area contributed by atoms with Gasteiger partial charge in [-0.3, -0.25) is 4.79 Å². The van der Waals surface area contributed by atoms with E-state index in [1.165, 1.54) is 6.42 Å². The van der Waals surface area contributed by atoms with Gasteiger partial charge in [0.05, 0.1) is 4.88 Å². The zero-order chi connectivity index (χ0) is 13.9. The molecule has 1 N–H and O–H groups in total. The third-order valence-corrected chi connectivity index (χ3v) is 4.56. The van der Waals surface area contributed by atoms with Crippen LogP contribution in [0.5, 0.6) is 0 Å². The van der Waals surface area contributed by atoms with Crippen molar-refractivity contribution in [2.45, 2.75) is 18.9 Å². The number of hydrogen-bond donors (Lipinski definition) is 1. The van der Waals surface area contributed by atoms with Crippen LogP contribution in [0.2, 0.25) is 0 Å². The average Bonchev–Trinajstić information content (AvgIpc) is 3.17. The van der Waals surface area contributed by atoms with Crippen LogP contribution in [0.4, 0.5) is 0 Å². The standard InChI is InChI=1S/C14H17N3O2S/c1-17-6-2-4-10(17)9-15-14(18)11-8-12(19-16-11)13-5-3-7-20-13/h3,5,7-8,10H,2,4,6,9H2,1H3,(H,15,18)/t10-/m0/s1. The van der Waals surface area contributed by atoms with E-state index < -0.39 is 0 Å². The molecule has 2 aromatic rings. The minimum absolute atomic E-state index is 0.170. The van der Waals surface area contributed by atoms with Gasteiger partial charge in [0.1, 0.15) is 0 Å². The highest BCUT2D eigenvalue weighted by molar-refractivity contribution is 7.13. The first-order valence-corrected chi connectivity index (χ1v) is 7.61. The van der Waals surface area contributed by atoms with Gasteiger partial charge in [0.2, 0.25) is 0 Å². The monoisotopic (exact) mass is 291 g/mol. The summed E-state index contributed by atoms with van der Waals surface area (Å²) in [6.07, 6.45) is 2.33. The molecule has 0 radical (unpaired) electrons. The van der Waals surface area contributed by atoms with Gasteiger partial charge < -0.3 is 14.7 Å². The van der Waals surface area contributed by atoms with Crippen molar-refractivity contribution in [1.82, 2.24) is 15.4 Å². The molecule has 2 aromatic heterocycles. The quantitative estimate of drug-likeness (QED) is 0.938. The molecule has 1 aliphatic rings. The molecule has 0 bridgehead atoms. The molecule has 1 fully saturated rings. The summed E-state index contributed by atoms with van der Waals surface area (Å²) in [7, 11) is 2.09. The summed E-state index contributed by atoms with van der Waals surface area (Å²) in [5.74, 6) is 0.472. The number of aromatic nitrogens is 1. The largest absolute Gasteiger partial charge is 0.355 e. The Hall–Kier alpha value is -1.66. The van der Waals surface area contributed by atoms with Gasteiger partial charge in [-0.2, -0.15) is 0 Å². The topological polar surface area (TPSA) is 58.4 Å². The predicted molar refractivity (Wildman–Crippen MR) is 77.8 cm³/mol. The lowest BCUT2D eigenvalue weighted by atomic mass is 10.2. The zero-order valence-electron chi connectivity index (χ0n) is 11.3. The summed E-state index contributed by atoms with van der Waals surface area (Å²) in [5, 5.41) is 8.74. The van der Waals surface area contributed by atoms with Crippen LogP contribution in [0.25, 0.3) is 10.6 Å². The highest BCUT2D eigenvalue weighted by Gasteiger charge is 2.22. The highest BCUT2D eigenvalue weighted by atomic mass is 32.1. The third kappa shape index (κ3) is 2.76. The van der Waals surface area contributed by atoms with Crippen molar-refractivity contribution >= 4 is 17.2 Å². The van der Waals surface area contributed by atoms with E-state index in [1.54, 1.807) is 17.4 Å². The molecule has 0 spiro atoms.